The fourth-order valence-corrected chi connectivity index (χ4v) is 3.55. The molecule has 0 saturated heterocycles. The first-order chi connectivity index (χ1) is 12.5. The van der Waals surface area contributed by atoms with Crippen LogP contribution in [-0.2, 0) is 9.59 Å². The summed E-state index contributed by atoms with van der Waals surface area (Å²) in [5, 5.41) is 8.83. The van der Waals surface area contributed by atoms with Gasteiger partial charge in [0.2, 0.25) is 0 Å². The smallest absolute Gasteiger partial charge is 0.197 e. The van der Waals surface area contributed by atoms with E-state index in [9.17, 15) is 9.59 Å². The largest absolute Gasteiger partial charge is 0.298 e. The van der Waals surface area contributed by atoms with Crippen LogP contribution >= 0.6 is 23.4 Å². The van der Waals surface area contributed by atoms with Crippen LogP contribution in [0.3, 0.4) is 0 Å². The fraction of sp³-hybridized carbons (Fsp3) is 0.158. The average molecular weight is 386 g/mol. The third kappa shape index (κ3) is 3.86. The van der Waals surface area contributed by atoms with Crippen molar-refractivity contribution < 1.29 is 9.59 Å². The molecular weight excluding hydrogens is 370 g/mol. The molecule has 3 rings (SSSR count). The van der Waals surface area contributed by atoms with Crippen molar-refractivity contribution in [3.63, 3.8) is 0 Å². The van der Waals surface area contributed by atoms with Gasteiger partial charge in [-0.15, -0.1) is 10.2 Å². The summed E-state index contributed by atoms with van der Waals surface area (Å²) in [7, 11) is 0. The molecule has 3 aromatic rings. The predicted molar refractivity (Wildman–Crippen MR) is 103 cm³/mol. The molecule has 0 atom stereocenters. The first-order valence-corrected chi connectivity index (χ1v) is 9.17. The Balaban J connectivity index is 2.12. The third-order valence-corrected chi connectivity index (χ3v) is 5.34. The number of aromatic nitrogens is 3. The van der Waals surface area contributed by atoms with E-state index in [4.69, 9.17) is 11.6 Å². The van der Waals surface area contributed by atoms with Gasteiger partial charge in [-0.1, -0.05) is 41.6 Å². The van der Waals surface area contributed by atoms with Gasteiger partial charge in [0, 0.05) is 16.3 Å². The number of hydrogen-bond donors (Lipinski definition) is 0. The van der Waals surface area contributed by atoms with Gasteiger partial charge in [0.15, 0.2) is 22.5 Å². The van der Waals surface area contributed by atoms with Crippen molar-refractivity contribution in [1.82, 2.24) is 14.8 Å². The molecule has 0 radical (unpaired) electrons. The Morgan fingerprint density at radius 1 is 0.962 bits per heavy atom. The molecule has 0 saturated carbocycles. The number of benzene rings is 2. The monoisotopic (exact) mass is 385 g/mol. The molecule has 1 aromatic heterocycles. The first kappa shape index (κ1) is 18.4. The van der Waals surface area contributed by atoms with Crippen LogP contribution in [0.5, 0.6) is 0 Å². The molecule has 0 N–H and O–H groups in total. The Labute approximate surface area is 160 Å². The molecule has 0 aliphatic carbocycles. The fourth-order valence-electron chi connectivity index (χ4n) is 2.50. The minimum absolute atomic E-state index is 0.210. The molecule has 0 aliphatic rings. The Morgan fingerprint density at radius 2 is 1.58 bits per heavy atom. The molecule has 0 amide bonds. The highest BCUT2D eigenvalue weighted by molar-refractivity contribution is 8.01. The number of nitrogens with zero attached hydrogens (tertiary/aromatic N) is 3. The lowest BCUT2D eigenvalue weighted by atomic mass is 10.2. The quantitative estimate of drug-likeness (QED) is 0.469. The molecular formula is C19H16ClN3O2S. The van der Waals surface area contributed by atoms with E-state index in [1.807, 2.05) is 47.0 Å². The topological polar surface area (TPSA) is 64.8 Å². The number of carbonyl (C=O) groups is 2. The van der Waals surface area contributed by atoms with Gasteiger partial charge < -0.3 is 0 Å². The summed E-state index contributed by atoms with van der Waals surface area (Å²) in [4.78, 5) is 23.7. The Kier molecular flexibility index (Phi) is 5.54. The molecule has 0 bridgehead atoms. The Bertz CT molecular complexity index is 925. The lowest BCUT2D eigenvalue weighted by molar-refractivity contribution is -0.123. The molecule has 1 heterocycles. The second-order valence-electron chi connectivity index (χ2n) is 5.70. The standard InChI is InChI=1S/C19H16ClN3O2S/c1-12(24)17(13(2)25)26-19-22-21-18(14-8-10-15(20)11-9-14)23(19)16-6-4-3-5-7-16/h3-11,17H,1-2H3. The second-order valence-corrected chi connectivity index (χ2v) is 7.21. The lowest BCUT2D eigenvalue weighted by Crippen LogP contribution is -2.22. The minimum atomic E-state index is -0.806. The summed E-state index contributed by atoms with van der Waals surface area (Å²) >= 11 is 7.09. The lowest BCUT2D eigenvalue weighted by Gasteiger charge is -2.13. The summed E-state index contributed by atoms with van der Waals surface area (Å²) in [5.74, 6) is 0.192. The maximum absolute atomic E-state index is 11.8. The Morgan fingerprint density at radius 3 is 2.15 bits per heavy atom. The van der Waals surface area contributed by atoms with Crippen LogP contribution < -0.4 is 0 Å². The Hall–Kier alpha value is -2.44. The summed E-state index contributed by atoms with van der Waals surface area (Å²) in [6.07, 6.45) is 0. The van der Waals surface area contributed by atoms with Crippen LogP contribution in [-0.4, -0.2) is 31.6 Å². The van der Waals surface area contributed by atoms with Crippen molar-refractivity contribution in [2.75, 3.05) is 0 Å². The van der Waals surface area contributed by atoms with Crippen molar-refractivity contribution in [1.29, 1.82) is 0 Å². The number of thioether (sulfide) groups is 1. The highest BCUT2D eigenvalue weighted by Crippen LogP contribution is 2.31. The second kappa shape index (κ2) is 7.85. The van der Waals surface area contributed by atoms with Gasteiger partial charge in [0.05, 0.1) is 0 Å². The van der Waals surface area contributed by atoms with Crippen molar-refractivity contribution in [3.8, 4) is 17.1 Å². The van der Waals surface area contributed by atoms with Crippen molar-refractivity contribution >= 4 is 34.9 Å². The normalized spacial score (nSPS) is 10.9. The first-order valence-electron chi connectivity index (χ1n) is 7.91. The summed E-state index contributed by atoms with van der Waals surface area (Å²) in [5.41, 5.74) is 1.68. The van der Waals surface area contributed by atoms with Gasteiger partial charge in [0.25, 0.3) is 0 Å². The van der Waals surface area contributed by atoms with Crippen LogP contribution in [0.1, 0.15) is 13.8 Å². The van der Waals surface area contributed by atoms with Gasteiger partial charge in [-0.3, -0.25) is 14.2 Å². The minimum Gasteiger partial charge on any atom is -0.298 e. The number of rotatable bonds is 6. The van der Waals surface area contributed by atoms with Gasteiger partial charge >= 0.3 is 0 Å². The zero-order chi connectivity index (χ0) is 18.7. The van der Waals surface area contributed by atoms with Gasteiger partial charge in [-0.2, -0.15) is 0 Å². The molecule has 0 aliphatic heterocycles. The van der Waals surface area contributed by atoms with E-state index in [1.54, 1.807) is 12.1 Å². The van der Waals surface area contributed by atoms with Crippen molar-refractivity contribution in [2.24, 2.45) is 0 Å². The SMILES string of the molecule is CC(=O)C(Sc1nnc(-c2ccc(Cl)cc2)n1-c1ccccc1)C(C)=O. The molecule has 132 valence electrons. The van der Waals surface area contributed by atoms with E-state index in [0.717, 1.165) is 23.0 Å². The van der Waals surface area contributed by atoms with Crippen LogP contribution in [0, 0.1) is 0 Å². The van der Waals surface area contributed by atoms with Crippen LogP contribution in [0.15, 0.2) is 59.8 Å². The van der Waals surface area contributed by atoms with E-state index >= 15 is 0 Å². The van der Waals surface area contributed by atoms with Crippen molar-refractivity contribution in [3.05, 3.63) is 59.6 Å². The zero-order valence-electron chi connectivity index (χ0n) is 14.2. The van der Waals surface area contributed by atoms with E-state index in [1.165, 1.54) is 13.8 Å². The van der Waals surface area contributed by atoms with Gasteiger partial charge in [-0.25, -0.2) is 0 Å². The van der Waals surface area contributed by atoms with E-state index in [2.05, 4.69) is 10.2 Å². The molecule has 26 heavy (non-hydrogen) atoms. The maximum atomic E-state index is 11.8. The number of para-hydroxylation sites is 1. The molecule has 0 fully saturated rings. The number of Topliss-reactive ketones (excluding diaryl/α,β-unsaturated/α-hetero) is 2. The number of carbonyl (C=O) groups excluding carboxylic acids is 2. The number of hydrogen-bond acceptors (Lipinski definition) is 5. The summed E-state index contributed by atoms with van der Waals surface area (Å²) in [6, 6.07) is 16.8. The van der Waals surface area contributed by atoms with Crippen LogP contribution in [0.25, 0.3) is 17.1 Å². The van der Waals surface area contributed by atoms with Crippen LogP contribution in [0.2, 0.25) is 5.02 Å². The summed E-state index contributed by atoms with van der Waals surface area (Å²) < 4.78 is 1.84. The van der Waals surface area contributed by atoms with Gasteiger partial charge in [0.1, 0.15) is 5.25 Å². The van der Waals surface area contributed by atoms with Crippen molar-refractivity contribution in [2.45, 2.75) is 24.3 Å². The third-order valence-electron chi connectivity index (χ3n) is 3.71. The maximum Gasteiger partial charge on any atom is 0.197 e. The molecule has 2 aromatic carbocycles. The molecule has 0 spiro atoms. The van der Waals surface area contributed by atoms with E-state index in [0.29, 0.717) is 16.0 Å². The van der Waals surface area contributed by atoms with E-state index < -0.39 is 5.25 Å². The number of halogens is 1. The molecule has 0 unspecified atom stereocenters. The highest BCUT2D eigenvalue weighted by Gasteiger charge is 2.25. The number of ketones is 2. The predicted octanol–water partition coefficient (Wildman–Crippen LogP) is 4.23. The highest BCUT2D eigenvalue weighted by atomic mass is 35.5. The van der Waals surface area contributed by atoms with Gasteiger partial charge in [-0.05, 0) is 50.2 Å². The van der Waals surface area contributed by atoms with Crippen LogP contribution in [0.4, 0.5) is 0 Å². The zero-order valence-corrected chi connectivity index (χ0v) is 15.8. The summed E-state index contributed by atoms with van der Waals surface area (Å²) in [6.45, 7) is 2.81. The van der Waals surface area contributed by atoms with E-state index in [-0.39, 0.29) is 11.6 Å². The molecule has 5 nitrogen and oxygen atoms in total. The average Bonchev–Trinajstić information content (AvgIpc) is 3.04. The molecule has 7 heteroatoms.